The van der Waals surface area contributed by atoms with Gasteiger partial charge in [-0.3, -0.25) is 0 Å². The number of hydrogen-bond acceptors (Lipinski definition) is 0. The predicted molar refractivity (Wildman–Crippen MR) is 39.3 cm³/mol. The molecule has 0 spiro atoms. The van der Waals surface area contributed by atoms with Gasteiger partial charge in [-0.15, -0.1) is 0 Å². The summed E-state index contributed by atoms with van der Waals surface area (Å²) in [6, 6.07) is 0. The van der Waals surface area contributed by atoms with Crippen LogP contribution in [0.5, 0.6) is 0 Å². The lowest BCUT2D eigenvalue weighted by atomic mass is 10.4. The Bertz CT molecular complexity index is 178. The summed E-state index contributed by atoms with van der Waals surface area (Å²) in [5, 5.41) is 0. The zero-order chi connectivity index (χ0) is 6.95. The molecule has 0 N–H and O–H groups in total. The minimum Gasteiger partial charge on any atom is -0.0894 e. The van der Waals surface area contributed by atoms with Gasteiger partial charge < -0.3 is 0 Å². The summed E-state index contributed by atoms with van der Waals surface area (Å²) in [7, 11) is 0. The first-order valence-electron chi connectivity index (χ1n) is 2.91. The van der Waals surface area contributed by atoms with Gasteiger partial charge in [-0.25, -0.2) is 0 Å². The van der Waals surface area contributed by atoms with Crippen molar-refractivity contribution in [1.82, 2.24) is 0 Å². The van der Waals surface area contributed by atoms with Gasteiger partial charge in [-0.2, -0.15) is 0 Å². The smallest absolute Gasteiger partial charge is 0.0283 e. The molecular weight excluding hydrogens is 108 g/mol. The van der Waals surface area contributed by atoms with E-state index >= 15 is 0 Å². The Labute approximate surface area is 57.0 Å². The van der Waals surface area contributed by atoms with Crippen molar-refractivity contribution in [3.8, 4) is 23.7 Å². The van der Waals surface area contributed by atoms with Crippen molar-refractivity contribution in [2.45, 2.75) is 19.8 Å². The van der Waals surface area contributed by atoms with Crippen LogP contribution in [0.3, 0.4) is 0 Å². The van der Waals surface area contributed by atoms with Gasteiger partial charge in [0, 0.05) is 12.8 Å². The molecule has 0 atom stereocenters. The monoisotopic (exact) mass is 117 g/mol. The average molecular weight is 117 g/mol. The van der Waals surface area contributed by atoms with Crippen molar-refractivity contribution in [2.75, 3.05) is 0 Å². The Morgan fingerprint density at radius 3 is 2.56 bits per heavy atom. The van der Waals surface area contributed by atoms with E-state index in [0.29, 0.717) is 6.42 Å². The first kappa shape index (κ1) is 7.86. The van der Waals surface area contributed by atoms with Crippen LogP contribution in [0.2, 0.25) is 0 Å². The van der Waals surface area contributed by atoms with Gasteiger partial charge in [0.25, 0.3) is 0 Å². The molecule has 0 fully saturated rings. The van der Waals surface area contributed by atoms with Gasteiger partial charge in [0.15, 0.2) is 0 Å². The highest BCUT2D eigenvalue weighted by molar-refractivity contribution is 5.26. The second-order valence-electron chi connectivity index (χ2n) is 1.40. The summed E-state index contributed by atoms with van der Waals surface area (Å²) in [6.45, 7) is 7.06. The molecule has 9 heavy (non-hydrogen) atoms. The van der Waals surface area contributed by atoms with E-state index in [1.807, 2.05) is 6.92 Å². The Morgan fingerprint density at radius 2 is 2.00 bits per heavy atom. The maximum atomic E-state index is 5.07. The first-order chi connectivity index (χ1) is 4.41. The third kappa shape index (κ3) is 6.86. The number of rotatable bonds is 1. The molecule has 0 aromatic heterocycles. The molecule has 0 aromatic rings. The maximum absolute atomic E-state index is 5.07. The van der Waals surface area contributed by atoms with E-state index in [4.69, 9.17) is 6.58 Å². The van der Waals surface area contributed by atoms with Crippen LogP contribution >= 0.6 is 0 Å². The molecule has 0 saturated carbocycles. The van der Waals surface area contributed by atoms with Crippen molar-refractivity contribution in [2.24, 2.45) is 0 Å². The number of hydrogen-bond donors (Lipinski definition) is 0. The summed E-state index contributed by atoms with van der Waals surface area (Å²) in [5.41, 5.74) is 0. The van der Waals surface area contributed by atoms with Crippen LogP contribution in [0.15, 0.2) is 6.08 Å². The van der Waals surface area contributed by atoms with Crippen LogP contribution < -0.4 is 0 Å². The highest BCUT2D eigenvalue weighted by Gasteiger charge is 1.60. The van der Waals surface area contributed by atoms with E-state index < -0.39 is 0 Å². The fraction of sp³-hybridized carbons (Fsp3) is 0.333. The minimum atomic E-state index is 0.623. The molecule has 0 aromatic carbocycles. The van der Waals surface area contributed by atoms with Gasteiger partial charge in [0.2, 0.25) is 0 Å². The van der Waals surface area contributed by atoms with Crippen LogP contribution in [0, 0.1) is 30.3 Å². The van der Waals surface area contributed by atoms with Crippen molar-refractivity contribution in [3.63, 3.8) is 0 Å². The normalized spacial score (nSPS) is 5.89. The maximum Gasteiger partial charge on any atom is 0.0283 e. The quantitative estimate of drug-likeness (QED) is 0.459. The van der Waals surface area contributed by atoms with E-state index in [2.05, 4.69) is 23.7 Å². The van der Waals surface area contributed by atoms with Gasteiger partial charge in [-0.05, 0) is 11.8 Å². The van der Waals surface area contributed by atoms with Crippen molar-refractivity contribution >= 4 is 0 Å². The number of allylic oxidation sites excluding steroid dienone is 1. The summed E-state index contributed by atoms with van der Waals surface area (Å²) in [5.74, 6) is 10.9. The fourth-order valence-electron chi connectivity index (χ4n) is 0.287. The third-order valence-corrected chi connectivity index (χ3v) is 0.636. The summed E-state index contributed by atoms with van der Waals surface area (Å²) >= 11 is 0. The Balaban J connectivity index is 3.48. The van der Waals surface area contributed by atoms with Crippen molar-refractivity contribution in [3.05, 3.63) is 12.7 Å². The molecule has 0 amide bonds. The zero-order valence-corrected chi connectivity index (χ0v) is 5.57. The molecule has 0 saturated heterocycles. The van der Waals surface area contributed by atoms with E-state index in [-0.39, 0.29) is 0 Å². The SMILES string of the molecule is [CH]=CCC#CC#CCC. The van der Waals surface area contributed by atoms with E-state index in [1.54, 1.807) is 0 Å². The highest BCUT2D eigenvalue weighted by atomic mass is 13.6. The lowest BCUT2D eigenvalue weighted by molar-refractivity contribution is 1.28. The Hall–Kier alpha value is -1.14. The first-order valence-corrected chi connectivity index (χ1v) is 2.91. The average Bonchev–Trinajstić information content (AvgIpc) is 1.89. The van der Waals surface area contributed by atoms with Crippen molar-refractivity contribution < 1.29 is 0 Å². The summed E-state index contributed by atoms with van der Waals surface area (Å²) in [6.07, 6.45) is 3.00. The zero-order valence-electron chi connectivity index (χ0n) is 5.57. The third-order valence-electron chi connectivity index (χ3n) is 0.636. The molecule has 0 aliphatic rings. The van der Waals surface area contributed by atoms with Crippen LogP contribution in [0.25, 0.3) is 0 Å². The van der Waals surface area contributed by atoms with Crippen LogP contribution in [0.1, 0.15) is 19.8 Å². The van der Waals surface area contributed by atoms with E-state index in [9.17, 15) is 0 Å². The molecular formula is C9H9. The summed E-state index contributed by atoms with van der Waals surface area (Å²) in [4.78, 5) is 0. The Morgan fingerprint density at radius 1 is 1.33 bits per heavy atom. The second kappa shape index (κ2) is 6.86. The standard InChI is InChI=1S/C9H9/c1-3-5-7-9-8-6-4-2/h1,3H,4-5H2,2H3. The Kier molecular flexibility index (Phi) is 5.99. The molecule has 0 heterocycles. The molecule has 0 rings (SSSR count). The highest BCUT2D eigenvalue weighted by Crippen LogP contribution is 1.71. The molecule has 1 radical (unpaired) electrons. The fourth-order valence-corrected chi connectivity index (χ4v) is 0.287. The molecule has 0 bridgehead atoms. The molecule has 0 unspecified atom stereocenters. The minimum absolute atomic E-state index is 0.623. The molecule has 0 nitrogen and oxygen atoms in total. The molecule has 0 heteroatoms. The molecule has 0 aliphatic carbocycles. The second-order valence-corrected chi connectivity index (χ2v) is 1.40. The lowest BCUT2D eigenvalue weighted by Gasteiger charge is -1.66. The van der Waals surface area contributed by atoms with Gasteiger partial charge in [0.05, 0.1) is 0 Å². The topological polar surface area (TPSA) is 0 Å². The predicted octanol–water partition coefficient (Wildman–Crippen LogP) is 1.78. The van der Waals surface area contributed by atoms with E-state index in [0.717, 1.165) is 6.42 Å². The van der Waals surface area contributed by atoms with Crippen LogP contribution in [-0.4, -0.2) is 0 Å². The molecule has 0 aliphatic heterocycles. The van der Waals surface area contributed by atoms with Crippen molar-refractivity contribution in [1.29, 1.82) is 0 Å². The molecule has 45 valence electrons. The lowest BCUT2D eigenvalue weighted by Crippen LogP contribution is -1.56. The van der Waals surface area contributed by atoms with Crippen LogP contribution in [0.4, 0.5) is 0 Å². The van der Waals surface area contributed by atoms with E-state index in [1.165, 1.54) is 6.08 Å². The largest absolute Gasteiger partial charge is 0.0894 e. The van der Waals surface area contributed by atoms with Gasteiger partial charge >= 0.3 is 0 Å². The van der Waals surface area contributed by atoms with Gasteiger partial charge in [-0.1, -0.05) is 31.4 Å². The summed E-state index contributed by atoms with van der Waals surface area (Å²) < 4.78 is 0. The van der Waals surface area contributed by atoms with Gasteiger partial charge in [0.1, 0.15) is 0 Å². The van der Waals surface area contributed by atoms with Crippen LogP contribution in [-0.2, 0) is 0 Å².